The van der Waals surface area contributed by atoms with Crippen LogP contribution in [0.1, 0.15) is 27.6 Å². The lowest BCUT2D eigenvalue weighted by atomic mass is 10.1. The van der Waals surface area contributed by atoms with Crippen molar-refractivity contribution in [1.82, 2.24) is 10.6 Å². The Balaban J connectivity index is 2.56. The third-order valence-corrected chi connectivity index (χ3v) is 2.18. The lowest BCUT2D eigenvalue weighted by Crippen LogP contribution is -2.36. The molecular formula is C12H14N2O4. The lowest BCUT2D eigenvalue weighted by molar-refractivity contribution is -0.120. The second-order valence-corrected chi connectivity index (χ2v) is 3.52. The maximum absolute atomic E-state index is 11.6. The topological polar surface area (TPSA) is 95.5 Å². The largest absolute Gasteiger partial charge is 0.478 e. The minimum atomic E-state index is -1.05. The quantitative estimate of drug-likeness (QED) is 0.698. The summed E-state index contributed by atoms with van der Waals surface area (Å²) in [6.07, 6.45) is 0. The summed E-state index contributed by atoms with van der Waals surface area (Å²) >= 11 is 0. The number of rotatable bonds is 5. The maximum atomic E-state index is 11.6. The van der Waals surface area contributed by atoms with E-state index >= 15 is 0 Å². The summed E-state index contributed by atoms with van der Waals surface area (Å²) in [5, 5.41) is 13.7. The molecule has 0 radical (unpaired) electrons. The summed E-state index contributed by atoms with van der Waals surface area (Å²) in [7, 11) is 0. The summed E-state index contributed by atoms with van der Waals surface area (Å²) < 4.78 is 0. The third-order valence-electron chi connectivity index (χ3n) is 2.18. The normalized spacial score (nSPS) is 9.61. The van der Waals surface area contributed by atoms with Crippen molar-refractivity contribution in [3.05, 3.63) is 35.4 Å². The number of aromatic carboxylic acids is 1. The highest BCUT2D eigenvalue weighted by molar-refractivity contribution is 5.97. The predicted molar refractivity (Wildman–Crippen MR) is 64.4 cm³/mol. The van der Waals surface area contributed by atoms with E-state index in [2.05, 4.69) is 10.6 Å². The van der Waals surface area contributed by atoms with E-state index in [1.807, 2.05) is 0 Å². The first-order chi connectivity index (χ1) is 8.54. The molecule has 0 bridgehead atoms. The highest BCUT2D eigenvalue weighted by Gasteiger charge is 2.08. The Hall–Kier alpha value is -2.37. The number of benzene rings is 1. The Kier molecular flexibility index (Phi) is 4.86. The van der Waals surface area contributed by atoms with Crippen LogP contribution < -0.4 is 10.6 Å². The van der Waals surface area contributed by atoms with Gasteiger partial charge in [0, 0.05) is 12.1 Å². The second kappa shape index (κ2) is 6.39. The smallest absolute Gasteiger partial charge is 0.335 e. The van der Waals surface area contributed by atoms with Gasteiger partial charge in [-0.15, -0.1) is 0 Å². The molecule has 18 heavy (non-hydrogen) atoms. The predicted octanol–water partition coefficient (Wildman–Crippen LogP) is 0.251. The standard InChI is InChI=1S/C12H14N2O4/c1-2-13-10(15)7-14-11(16)8-3-5-9(6-4-8)12(17)18/h3-6H,2,7H2,1H3,(H,13,15)(H,14,16)(H,17,18). The molecule has 0 unspecified atom stereocenters. The van der Waals surface area contributed by atoms with Crippen LogP contribution in [0.25, 0.3) is 0 Å². The van der Waals surface area contributed by atoms with E-state index in [1.165, 1.54) is 24.3 Å². The molecule has 0 saturated heterocycles. The SMILES string of the molecule is CCNC(=O)CNC(=O)c1ccc(C(=O)O)cc1. The number of nitrogens with one attached hydrogen (secondary N) is 2. The van der Waals surface area contributed by atoms with Crippen molar-refractivity contribution in [2.45, 2.75) is 6.92 Å². The first-order valence-corrected chi connectivity index (χ1v) is 5.43. The van der Waals surface area contributed by atoms with Gasteiger partial charge in [-0.2, -0.15) is 0 Å². The first-order valence-electron chi connectivity index (χ1n) is 5.43. The molecule has 0 aliphatic rings. The van der Waals surface area contributed by atoms with Crippen molar-refractivity contribution < 1.29 is 19.5 Å². The molecule has 0 spiro atoms. The average molecular weight is 250 g/mol. The number of likely N-dealkylation sites (N-methyl/N-ethyl adjacent to an activating group) is 1. The number of carboxylic acids is 1. The van der Waals surface area contributed by atoms with Crippen molar-refractivity contribution in [3.63, 3.8) is 0 Å². The van der Waals surface area contributed by atoms with Crippen molar-refractivity contribution in [2.75, 3.05) is 13.1 Å². The van der Waals surface area contributed by atoms with Gasteiger partial charge >= 0.3 is 5.97 Å². The summed E-state index contributed by atoms with van der Waals surface area (Å²) in [6, 6.07) is 5.47. The molecule has 6 nitrogen and oxygen atoms in total. The van der Waals surface area contributed by atoms with Crippen LogP contribution in [0, 0.1) is 0 Å². The molecular weight excluding hydrogens is 236 g/mol. The molecule has 0 aliphatic carbocycles. The van der Waals surface area contributed by atoms with E-state index in [1.54, 1.807) is 6.92 Å². The van der Waals surface area contributed by atoms with Gasteiger partial charge in [0.1, 0.15) is 0 Å². The van der Waals surface area contributed by atoms with Crippen molar-refractivity contribution in [3.8, 4) is 0 Å². The fourth-order valence-corrected chi connectivity index (χ4v) is 1.29. The highest BCUT2D eigenvalue weighted by Crippen LogP contribution is 2.04. The molecule has 2 amide bonds. The lowest BCUT2D eigenvalue weighted by Gasteiger charge is -2.05. The Morgan fingerprint density at radius 2 is 1.61 bits per heavy atom. The molecule has 0 fully saturated rings. The average Bonchev–Trinajstić information content (AvgIpc) is 2.36. The van der Waals surface area contributed by atoms with Crippen LogP contribution in [0.4, 0.5) is 0 Å². The minimum Gasteiger partial charge on any atom is -0.478 e. The molecule has 1 aromatic carbocycles. The molecule has 1 aromatic rings. The Bertz CT molecular complexity index is 454. The van der Waals surface area contributed by atoms with Crippen LogP contribution in [0.3, 0.4) is 0 Å². The molecule has 1 rings (SSSR count). The Labute approximate surface area is 104 Å². The Morgan fingerprint density at radius 1 is 1.06 bits per heavy atom. The number of carbonyl (C=O) groups is 3. The number of carbonyl (C=O) groups excluding carboxylic acids is 2. The number of carboxylic acid groups (broad SMARTS) is 1. The summed E-state index contributed by atoms with van der Waals surface area (Å²) in [4.78, 5) is 33.3. The summed E-state index contributed by atoms with van der Waals surface area (Å²) in [5.74, 6) is -1.74. The molecule has 96 valence electrons. The van der Waals surface area contributed by atoms with Crippen LogP contribution in [0.15, 0.2) is 24.3 Å². The van der Waals surface area contributed by atoms with Crippen LogP contribution in [-0.2, 0) is 4.79 Å². The van der Waals surface area contributed by atoms with Gasteiger partial charge in [-0.1, -0.05) is 0 Å². The van der Waals surface area contributed by atoms with Crippen molar-refractivity contribution in [1.29, 1.82) is 0 Å². The fourth-order valence-electron chi connectivity index (χ4n) is 1.29. The third kappa shape index (κ3) is 3.89. The fraction of sp³-hybridized carbons (Fsp3) is 0.250. The van der Waals surface area contributed by atoms with Crippen molar-refractivity contribution >= 4 is 17.8 Å². The monoisotopic (exact) mass is 250 g/mol. The van der Waals surface area contributed by atoms with Gasteiger partial charge in [0.15, 0.2) is 0 Å². The van der Waals surface area contributed by atoms with Gasteiger partial charge in [0.25, 0.3) is 5.91 Å². The van der Waals surface area contributed by atoms with Gasteiger partial charge in [-0.25, -0.2) is 4.79 Å². The number of hydrogen-bond donors (Lipinski definition) is 3. The van der Waals surface area contributed by atoms with E-state index in [0.29, 0.717) is 12.1 Å². The van der Waals surface area contributed by atoms with Gasteiger partial charge in [-0.3, -0.25) is 9.59 Å². The minimum absolute atomic E-state index is 0.104. The zero-order valence-corrected chi connectivity index (χ0v) is 9.90. The van der Waals surface area contributed by atoms with E-state index in [4.69, 9.17) is 5.11 Å². The highest BCUT2D eigenvalue weighted by atomic mass is 16.4. The van der Waals surface area contributed by atoms with Gasteiger partial charge < -0.3 is 15.7 Å². The van der Waals surface area contributed by atoms with Gasteiger partial charge in [0.2, 0.25) is 5.91 Å². The Morgan fingerprint density at radius 3 is 2.11 bits per heavy atom. The molecule has 3 N–H and O–H groups in total. The van der Waals surface area contributed by atoms with Crippen LogP contribution in [0.2, 0.25) is 0 Å². The van der Waals surface area contributed by atoms with E-state index in [-0.39, 0.29) is 18.0 Å². The van der Waals surface area contributed by atoms with E-state index in [9.17, 15) is 14.4 Å². The first kappa shape index (κ1) is 13.7. The molecule has 0 aromatic heterocycles. The maximum Gasteiger partial charge on any atom is 0.335 e. The zero-order valence-electron chi connectivity index (χ0n) is 9.90. The molecule has 0 saturated carbocycles. The molecule has 0 aliphatic heterocycles. The summed E-state index contributed by atoms with van der Waals surface area (Å²) in [6.45, 7) is 2.18. The van der Waals surface area contributed by atoms with Crippen molar-refractivity contribution in [2.24, 2.45) is 0 Å². The number of amides is 2. The van der Waals surface area contributed by atoms with Crippen LogP contribution >= 0.6 is 0 Å². The molecule has 0 atom stereocenters. The van der Waals surface area contributed by atoms with Crippen LogP contribution in [0.5, 0.6) is 0 Å². The van der Waals surface area contributed by atoms with E-state index in [0.717, 1.165) is 0 Å². The summed E-state index contributed by atoms with van der Waals surface area (Å²) in [5.41, 5.74) is 0.416. The van der Waals surface area contributed by atoms with E-state index < -0.39 is 11.9 Å². The zero-order chi connectivity index (χ0) is 13.5. The van der Waals surface area contributed by atoms with Gasteiger partial charge in [-0.05, 0) is 31.2 Å². The van der Waals surface area contributed by atoms with Gasteiger partial charge in [0.05, 0.1) is 12.1 Å². The molecule has 0 heterocycles. The van der Waals surface area contributed by atoms with Crippen LogP contribution in [-0.4, -0.2) is 36.0 Å². The number of hydrogen-bond acceptors (Lipinski definition) is 3. The second-order valence-electron chi connectivity index (χ2n) is 3.52. The molecule has 6 heteroatoms.